The van der Waals surface area contributed by atoms with Crippen LogP contribution in [0, 0.1) is 0 Å². The Hall–Kier alpha value is -2.05. The second kappa shape index (κ2) is 5.88. The molecule has 7 heteroatoms. The van der Waals surface area contributed by atoms with E-state index in [1.165, 1.54) is 7.11 Å². The number of methoxy groups -OCH3 is 1. The number of carbonyl (C=O) groups excluding carboxylic acids is 3. The van der Waals surface area contributed by atoms with Gasteiger partial charge in [-0.2, -0.15) is 0 Å². The van der Waals surface area contributed by atoms with Gasteiger partial charge in [0.25, 0.3) is 0 Å². The van der Waals surface area contributed by atoms with E-state index < -0.39 is 18.0 Å². The summed E-state index contributed by atoms with van der Waals surface area (Å²) in [4.78, 5) is 35.3. The first-order valence-electron chi connectivity index (χ1n) is 5.12. The fourth-order valence-corrected chi connectivity index (χ4v) is 1.32. The summed E-state index contributed by atoms with van der Waals surface area (Å²) < 4.78 is 9.20. The van der Waals surface area contributed by atoms with Crippen molar-refractivity contribution in [1.82, 2.24) is 10.2 Å². The molecule has 0 atom stereocenters. The highest BCUT2D eigenvalue weighted by molar-refractivity contribution is 5.99. The van der Waals surface area contributed by atoms with E-state index in [-0.39, 0.29) is 12.3 Å². The van der Waals surface area contributed by atoms with Crippen LogP contribution < -0.4 is 5.32 Å². The molecule has 1 aliphatic rings. The van der Waals surface area contributed by atoms with Crippen molar-refractivity contribution in [2.24, 2.45) is 0 Å². The van der Waals surface area contributed by atoms with E-state index in [1.54, 1.807) is 6.92 Å². The summed E-state index contributed by atoms with van der Waals surface area (Å²) in [6.07, 6.45) is 0.947. The predicted octanol–water partition coefficient (Wildman–Crippen LogP) is -0.368. The number of carbonyl (C=O) groups is 3. The Bertz CT molecular complexity index is 364. The SMILES string of the molecule is CCOC(=O)/C(=C/C(=O)OC)N1CCNC1=O. The predicted molar refractivity (Wildman–Crippen MR) is 56.8 cm³/mol. The van der Waals surface area contributed by atoms with E-state index in [1.807, 2.05) is 0 Å². The molecule has 1 N–H and O–H groups in total. The van der Waals surface area contributed by atoms with Crippen LogP contribution in [0.3, 0.4) is 0 Å². The van der Waals surface area contributed by atoms with Gasteiger partial charge in [0.2, 0.25) is 0 Å². The number of ether oxygens (including phenoxy) is 2. The number of nitrogens with one attached hydrogen (secondary N) is 1. The van der Waals surface area contributed by atoms with Crippen LogP contribution >= 0.6 is 0 Å². The lowest BCUT2D eigenvalue weighted by Crippen LogP contribution is -2.32. The first-order chi connectivity index (χ1) is 8.10. The molecule has 7 nitrogen and oxygen atoms in total. The summed E-state index contributed by atoms with van der Waals surface area (Å²) in [6, 6.07) is -0.437. The van der Waals surface area contributed by atoms with E-state index in [2.05, 4.69) is 10.1 Å². The Morgan fingerprint density at radius 3 is 2.71 bits per heavy atom. The molecule has 94 valence electrons. The first kappa shape index (κ1) is 13.0. The first-order valence-corrected chi connectivity index (χ1v) is 5.12. The van der Waals surface area contributed by atoms with Crippen molar-refractivity contribution in [2.45, 2.75) is 6.92 Å². The Morgan fingerprint density at radius 2 is 2.24 bits per heavy atom. The van der Waals surface area contributed by atoms with Crippen molar-refractivity contribution in [1.29, 1.82) is 0 Å². The molecule has 1 saturated heterocycles. The maximum atomic E-state index is 11.6. The maximum Gasteiger partial charge on any atom is 0.355 e. The van der Waals surface area contributed by atoms with E-state index >= 15 is 0 Å². The number of urea groups is 1. The minimum Gasteiger partial charge on any atom is -0.466 e. The smallest absolute Gasteiger partial charge is 0.355 e. The van der Waals surface area contributed by atoms with E-state index in [4.69, 9.17) is 4.74 Å². The maximum absolute atomic E-state index is 11.6. The van der Waals surface area contributed by atoms with E-state index in [0.717, 1.165) is 11.0 Å². The van der Waals surface area contributed by atoms with Crippen LogP contribution in [0.1, 0.15) is 6.92 Å². The fourth-order valence-electron chi connectivity index (χ4n) is 1.32. The van der Waals surface area contributed by atoms with Crippen LogP contribution in [0.15, 0.2) is 11.8 Å². The van der Waals surface area contributed by atoms with E-state index in [0.29, 0.717) is 13.1 Å². The van der Waals surface area contributed by atoms with Gasteiger partial charge in [0.1, 0.15) is 5.70 Å². The highest BCUT2D eigenvalue weighted by atomic mass is 16.5. The van der Waals surface area contributed by atoms with Gasteiger partial charge in [-0.25, -0.2) is 14.4 Å². The molecule has 0 aliphatic carbocycles. The largest absolute Gasteiger partial charge is 0.466 e. The topological polar surface area (TPSA) is 84.9 Å². The molecule has 17 heavy (non-hydrogen) atoms. The third kappa shape index (κ3) is 3.20. The molecule has 0 aromatic heterocycles. The zero-order chi connectivity index (χ0) is 12.8. The standard InChI is InChI=1S/C10H14N2O5/c1-3-17-9(14)7(6-8(13)16-2)12-5-4-11-10(12)15/h6H,3-5H2,1-2H3,(H,11,15)/b7-6-. The third-order valence-corrected chi connectivity index (χ3v) is 2.09. The monoisotopic (exact) mass is 242 g/mol. The molecule has 1 rings (SSSR count). The number of nitrogens with zero attached hydrogens (tertiary/aromatic N) is 1. The van der Waals surface area contributed by atoms with Gasteiger partial charge in [-0.3, -0.25) is 4.90 Å². The Balaban J connectivity index is 2.93. The highest BCUT2D eigenvalue weighted by Gasteiger charge is 2.29. The van der Waals surface area contributed by atoms with Gasteiger partial charge in [0, 0.05) is 13.1 Å². The summed E-state index contributed by atoms with van der Waals surface area (Å²) in [7, 11) is 1.19. The van der Waals surface area contributed by atoms with Crippen LogP contribution in [0.25, 0.3) is 0 Å². The van der Waals surface area contributed by atoms with E-state index in [9.17, 15) is 14.4 Å². The Kier molecular flexibility index (Phi) is 4.50. The third-order valence-electron chi connectivity index (χ3n) is 2.09. The summed E-state index contributed by atoms with van der Waals surface area (Å²) in [5.74, 6) is -1.44. The van der Waals surface area contributed by atoms with Crippen LogP contribution in [-0.4, -0.2) is 49.7 Å². The molecule has 1 heterocycles. The number of rotatable bonds is 4. The van der Waals surface area contributed by atoms with Crippen molar-refractivity contribution < 1.29 is 23.9 Å². The molecule has 1 aliphatic heterocycles. The fraction of sp³-hybridized carbons (Fsp3) is 0.500. The van der Waals surface area contributed by atoms with Crippen molar-refractivity contribution in [3.05, 3.63) is 11.8 Å². The van der Waals surface area contributed by atoms with Crippen LogP contribution in [-0.2, 0) is 19.1 Å². The summed E-state index contributed by atoms with van der Waals surface area (Å²) in [6.45, 7) is 2.52. The van der Waals surface area contributed by atoms with Crippen molar-refractivity contribution in [3.8, 4) is 0 Å². The van der Waals surface area contributed by atoms with Gasteiger partial charge in [0.05, 0.1) is 19.8 Å². The number of amides is 2. The molecule has 0 bridgehead atoms. The number of hydrogen-bond donors (Lipinski definition) is 1. The van der Waals surface area contributed by atoms with Gasteiger partial charge in [-0.1, -0.05) is 0 Å². The molecule has 0 aromatic rings. The zero-order valence-electron chi connectivity index (χ0n) is 9.69. The van der Waals surface area contributed by atoms with Crippen molar-refractivity contribution in [3.63, 3.8) is 0 Å². The van der Waals surface area contributed by atoms with Gasteiger partial charge in [-0.15, -0.1) is 0 Å². The number of esters is 2. The molecule has 0 saturated carbocycles. The van der Waals surface area contributed by atoms with Crippen molar-refractivity contribution in [2.75, 3.05) is 26.8 Å². The quantitative estimate of drug-likeness (QED) is 0.537. The minimum atomic E-state index is -0.727. The molecular formula is C10H14N2O5. The highest BCUT2D eigenvalue weighted by Crippen LogP contribution is 2.11. The van der Waals surface area contributed by atoms with Gasteiger partial charge >= 0.3 is 18.0 Å². The summed E-state index contributed by atoms with van der Waals surface area (Å²) >= 11 is 0. The average molecular weight is 242 g/mol. The van der Waals surface area contributed by atoms with Gasteiger partial charge in [-0.05, 0) is 6.92 Å². The molecule has 2 amide bonds. The van der Waals surface area contributed by atoms with Gasteiger partial charge < -0.3 is 14.8 Å². The molecule has 0 aromatic carbocycles. The average Bonchev–Trinajstić information content (AvgIpc) is 2.72. The Morgan fingerprint density at radius 1 is 1.53 bits per heavy atom. The molecule has 1 fully saturated rings. The molecular weight excluding hydrogens is 228 g/mol. The second-order valence-electron chi connectivity index (χ2n) is 3.16. The molecule has 0 unspecified atom stereocenters. The minimum absolute atomic E-state index is 0.117. The summed E-state index contributed by atoms with van der Waals surface area (Å²) in [5.41, 5.74) is -0.117. The lowest BCUT2D eigenvalue weighted by Gasteiger charge is -2.16. The summed E-state index contributed by atoms with van der Waals surface area (Å²) in [5, 5.41) is 2.52. The zero-order valence-corrected chi connectivity index (χ0v) is 9.69. The lowest BCUT2D eigenvalue weighted by atomic mass is 10.3. The second-order valence-corrected chi connectivity index (χ2v) is 3.16. The molecule has 0 radical (unpaired) electrons. The normalized spacial score (nSPS) is 15.5. The van der Waals surface area contributed by atoms with Gasteiger partial charge in [0.15, 0.2) is 0 Å². The van der Waals surface area contributed by atoms with Crippen LogP contribution in [0.2, 0.25) is 0 Å². The lowest BCUT2D eigenvalue weighted by molar-refractivity contribution is -0.141. The van der Waals surface area contributed by atoms with Crippen LogP contribution in [0.4, 0.5) is 4.79 Å². The Labute approximate surface area is 98.3 Å². The molecule has 0 spiro atoms. The number of hydrogen-bond acceptors (Lipinski definition) is 5. The van der Waals surface area contributed by atoms with Crippen LogP contribution in [0.5, 0.6) is 0 Å². The van der Waals surface area contributed by atoms with Crippen molar-refractivity contribution >= 4 is 18.0 Å².